The second kappa shape index (κ2) is 9.25. The molecule has 2 aromatic carbocycles. The van der Waals surface area contributed by atoms with Crippen molar-refractivity contribution < 1.29 is 9.53 Å². The molecule has 0 bridgehead atoms. The lowest BCUT2D eigenvalue weighted by Gasteiger charge is -2.32. The van der Waals surface area contributed by atoms with Crippen LogP contribution in [0, 0.1) is 13.8 Å². The molecule has 1 saturated heterocycles. The Morgan fingerprint density at radius 3 is 2.69 bits per heavy atom. The molecule has 1 aliphatic heterocycles. The molecule has 0 aliphatic carbocycles. The Hall–Kier alpha value is -4.13. The zero-order valence-electron chi connectivity index (χ0n) is 20.0. The number of hydrogen-bond acceptors (Lipinski definition) is 4. The molecule has 0 unspecified atom stereocenters. The second-order valence-corrected chi connectivity index (χ2v) is 8.93. The highest BCUT2D eigenvalue weighted by Gasteiger charge is 2.27. The number of pyridine rings is 1. The lowest BCUT2D eigenvalue weighted by atomic mass is 10.1. The molecule has 5 rings (SSSR count). The van der Waals surface area contributed by atoms with Gasteiger partial charge in [0.25, 0.3) is 0 Å². The predicted molar refractivity (Wildman–Crippen MR) is 136 cm³/mol. The molecule has 0 spiro atoms. The Bertz CT molecular complexity index is 1470. The summed E-state index contributed by atoms with van der Waals surface area (Å²) in [5.41, 5.74) is 4.39. The monoisotopic (exact) mass is 468 g/mol. The number of benzene rings is 2. The van der Waals surface area contributed by atoms with E-state index in [9.17, 15) is 9.59 Å². The van der Waals surface area contributed by atoms with Crippen molar-refractivity contribution in [3.05, 3.63) is 95.2 Å². The molecular formula is C28H28N4O3. The van der Waals surface area contributed by atoms with Crippen molar-refractivity contribution in [3.63, 3.8) is 0 Å². The van der Waals surface area contributed by atoms with Crippen LogP contribution in [-0.2, 0) is 4.79 Å². The Kier molecular flexibility index (Phi) is 5.99. The summed E-state index contributed by atoms with van der Waals surface area (Å²) in [5.74, 6) is 1.41. The van der Waals surface area contributed by atoms with Crippen LogP contribution in [0.1, 0.15) is 30.0 Å². The van der Waals surface area contributed by atoms with E-state index in [-0.39, 0.29) is 17.6 Å². The number of amides is 1. The van der Waals surface area contributed by atoms with Gasteiger partial charge in [0.15, 0.2) is 0 Å². The van der Waals surface area contributed by atoms with Gasteiger partial charge in [-0.2, -0.15) is 0 Å². The minimum atomic E-state index is -0.144. The van der Waals surface area contributed by atoms with Gasteiger partial charge in [-0.25, -0.2) is 4.79 Å². The van der Waals surface area contributed by atoms with Crippen LogP contribution >= 0.6 is 0 Å². The molecule has 7 heteroatoms. The lowest BCUT2D eigenvalue weighted by molar-refractivity contribution is -0.127. The third-order valence-electron chi connectivity index (χ3n) is 6.80. The maximum Gasteiger partial charge on any atom is 0.334 e. The topological polar surface area (TPSA) is 69.4 Å². The van der Waals surface area contributed by atoms with Crippen LogP contribution in [0.15, 0.2) is 78.4 Å². The minimum Gasteiger partial charge on any atom is -0.457 e. The molecule has 3 heterocycles. The molecule has 1 atom stereocenters. The second-order valence-electron chi connectivity index (χ2n) is 8.93. The number of rotatable bonds is 5. The normalized spacial score (nSPS) is 15.8. The average Bonchev–Trinajstić information content (AvgIpc) is 3.18. The van der Waals surface area contributed by atoms with Crippen LogP contribution in [0.25, 0.3) is 16.7 Å². The standard InChI is InChI=1S/C28H28N4O3/c1-4-27(33)30-16-6-8-22(18-30)32-24-14-15-29-17-25(24)31(28(32)34)21-10-12-23(13-11-21)35-26-9-5-7-19(2)20(26)3/h4-5,7,9-15,17,22H,1,6,8,16,18H2,2-3H3/t22-/m1/s1. The molecule has 1 amide bonds. The van der Waals surface area contributed by atoms with Crippen molar-refractivity contribution >= 4 is 16.9 Å². The van der Waals surface area contributed by atoms with Crippen molar-refractivity contribution in [1.29, 1.82) is 0 Å². The van der Waals surface area contributed by atoms with E-state index in [1.807, 2.05) is 49.4 Å². The SMILES string of the molecule is C=CC(=O)N1CCC[C@@H](n2c(=O)n(-c3ccc(Oc4cccc(C)c4C)cc3)c3cnccc32)C1. The first-order chi connectivity index (χ1) is 17.0. The molecule has 35 heavy (non-hydrogen) atoms. The quantitative estimate of drug-likeness (QED) is 0.389. The van der Waals surface area contributed by atoms with Crippen LogP contribution in [0.2, 0.25) is 0 Å². The van der Waals surface area contributed by atoms with Gasteiger partial charge in [-0.3, -0.25) is 18.9 Å². The van der Waals surface area contributed by atoms with Crippen molar-refractivity contribution in [2.45, 2.75) is 32.7 Å². The van der Waals surface area contributed by atoms with Gasteiger partial charge in [-0.1, -0.05) is 18.7 Å². The van der Waals surface area contributed by atoms with E-state index in [0.717, 1.165) is 40.9 Å². The highest BCUT2D eigenvalue weighted by molar-refractivity contribution is 5.87. The van der Waals surface area contributed by atoms with E-state index in [1.165, 1.54) is 11.6 Å². The summed E-state index contributed by atoms with van der Waals surface area (Å²) in [6, 6.07) is 15.2. The van der Waals surface area contributed by atoms with E-state index in [4.69, 9.17) is 4.74 Å². The average molecular weight is 469 g/mol. The van der Waals surface area contributed by atoms with Gasteiger partial charge in [-0.15, -0.1) is 0 Å². The smallest absolute Gasteiger partial charge is 0.334 e. The fourth-order valence-electron chi connectivity index (χ4n) is 4.79. The number of aromatic nitrogens is 3. The molecule has 0 N–H and O–H groups in total. The highest BCUT2D eigenvalue weighted by Crippen LogP contribution is 2.29. The van der Waals surface area contributed by atoms with Gasteiger partial charge in [0, 0.05) is 19.3 Å². The van der Waals surface area contributed by atoms with Gasteiger partial charge in [-0.05, 0) is 80.3 Å². The summed E-state index contributed by atoms with van der Waals surface area (Å²) in [7, 11) is 0. The van der Waals surface area contributed by atoms with E-state index in [1.54, 1.807) is 26.4 Å². The third kappa shape index (κ3) is 4.14. The van der Waals surface area contributed by atoms with Crippen LogP contribution in [-0.4, -0.2) is 38.0 Å². The first-order valence-electron chi connectivity index (χ1n) is 11.8. The summed E-state index contributed by atoms with van der Waals surface area (Å²) >= 11 is 0. The van der Waals surface area contributed by atoms with E-state index in [2.05, 4.69) is 24.6 Å². The minimum absolute atomic E-state index is 0.104. The van der Waals surface area contributed by atoms with Gasteiger partial charge < -0.3 is 9.64 Å². The Morgan fingerprint density at radius 1 is 1.11 bits per heavy atom. The number of likely N-dealkylation sites (tertiary alicyclic amines) is 1. The number of piperidine rings is 1. The van der Waals surface area contributed by atoms with Gasteiger partial charge >= 0.3 is 5.69 Å². The number of nitrogens with zero attached hydrogens (tertiary/aromatic N) is 4. The van der Waals surface area contributed by atoms with E-state index in [0.29, 0.717) is 18.8 Å². The lowest BCUT2D eigenvalue weighted by Crippen LogP contribution is -2.42. The molecular weight excluding hydrogens is 440 g/mol. The summed E-state index contributed by atoms with van der Waals surface area (Å²) in [6.45, 7) is 8.86. The number of hydrogen-bond donors (Lipinski definition) is 0. The van der Waals surface area contributed by atoms with Crippen molar-refractivity contribution in [3.8, 4) is 17.2 Å². The predicted octanol–water partition coefficient (Wildman–Crippen LogP) is 4.95. The maximum atomic E-state index is 13.7. The fourth-order valence-corrected chi connectivity index (χ4v) is 4.79. The number of aryl methyl sites for hydroxylation is 1. The van der Waals surface area contributed by atoms with Crippen molar-refractivity contribution in [2.24, 2.45) is 0 Å². The summed E-state index contributed by atoms with van der Waals surface area (Å²) in [4.78, 5) is 32.0. The summed E-state index contributed by atoms with van der Waals surface area (Å²) in [6.07, 6.45) is 6.40. The Labute approximate surface area is 203 Å². The number of carbonyl (C=O) groups excluding carboxylic acids is 1. The molecule has 1 fully saturated rings. The Morgan fingerprint density at radius 2 is 1.91 bits per heavy atom. The molecule has 1 aliphatic rings. The number of imidazole rings is 1. The van der Waals surface area contributed by atoms with Gasteiger partial charge in [0.2, 0.25) is 5.91 Å². The van der Waals surface area contributed by atoms with Crippen LogP contribution in [0.5, 0.6) is 11.5 Å². The first kappa shape index (κ1) is 22.7. The van der Waals surface area contributed by atoms with Crippen molar-refractivity contribution in [1.82, 2.24) is 19.0 Å². The fraction of sp³-hybridized carbons (Fsp3) is 0.250. The molecule has 2 aromatic heterocycles. The van der Waals surface area contributed by atoms with Gasteiger partial charge in [0.05, 0.1) is 29.0 Å². The third-order valence-corrected chi connectivity index (χ3v) is 6.80. The van der Waals surface area contributed by atoms with Crippen LogP contribution < -0.4 is 10.4 Å². The molecule has 0 saturated carbocycles. The largest absolute Gasteiger partial charge is 0.457 e. The van der Waals surface area contributed by atoms with Crippen molar-refractivity contribution in [2.75, 3.05) is 13.1 Å². The summed E-state index contributed by atoms with van der Waals surface area (Å²) in [5, 5.41) is 0. The molecule has 178 valence electrons. The molecule has 0 radical (unpaired) electrons. The van der Waals surface area contributed by atoms with E-state index >= 15 is 0 Å². The maximum absolute atomic E-state index is 13.7. The zero-order valence-corrected chi connectivity index (χ0v) is 20.0. The Balaban J connectivity index is 1.51. The number of carbonyl (C=O) groups is 1. The summed E-state index contributed by atoms with van der Waals surface area (Å²) < 4.78 is 9.58. The first-order valence-corrected chi connectivity index (χ1v) is 11.8. The van der Waals surface area contributed by atoms with E-state index < -0.39 is 0 Å². The highest BCUT2D eigenvalue weighted by atomic mass is 16.5. The molecule has 7 nitrogen and oxygen atoms in total. The van der Waals surface area contributed by atoms with Crippen LogP contribution in [0.4, 0.5) is 0 Å². The zero-order chi connectivity index (χ0) is 24.5. The number of fused-ring (bicyclic) bond motifs is 1. The van der Waals surface area contributed by atoms with Crippen LogP contribution in [0.3, 0.4) is 0 Å². The number of ether oxygens (including phenoxy) is 1. The van der Waals surface area contributed by atoms with Gasteiger partial charge in [0.1, 0.15) is 11.5 Å². The molecule has 4 aromatic rings.